The van der Waals surface area contributed by atoms with Crippen molar-refractivity contribution >= 4 is 11.8 Å². The lowest BCUT2D eigenvalue weighted by atomic mass is 9.82. The zero-order chi connectivity index (χ0) is 17.7. The van der Waals surface area contributed by atoms with Gasteiger partial charge in [-0.05, 0) is 19.4 Å². The fraction of sp³-hybridized carbons (Fsp3) is 0.278. The molecule has 7 heteroatoms. The van der Waals surface area contributed by atoms with Crippen LogP contribution in [0.25, 0.3) is 0 Å². The van der Waals surface area contributed by atoms with E-state index in [0.717, 1.165) is 11.1 Å². The summed E-state index contributed by atoms with van der Waals surface area (Å²) in [5, 5.41) is 3.08. The summed E-state index contributed by atoms with van der Waals surface area (Å²) in [6.45, 7) is 4.29. The summed E-state index contributed by atoms with van der Waals surface area (Å²) in [5.41, 5.74) is 2.33. The van der Waals surface area contributed by atoms with Crippen molar-refractivity contribution in [3.63, 3.8) is 0 Å². The van der Waals surface area contributed by atoms with Crippen molar-refractivity contribution in [2.24, 2.45) is 0 Å². The molecule has 3 heterocycles. The minimum Gasteiger partial charge on any atom is -0.456 e. The Morgan fingerprint density at radius 1 is 1.20 bits per heavy atom. The van der Waals surface area contributed by atoms with E-state index in [2.05, 4.69) is 10.3 Å². The average molecular weight is 339 g/mol. The van der Waals surface area contributed by atoms with Gasteiger partial charge in [0.1, 0.15) is 12.4 Å². The van der Waals surface area contributed by atoms with Gasteiger partial charge in [-0.1, -0.05) is 29.8 Å². The minimum absolute atomic E-state index is 0.112. The molecule has 7 nitrogen and oxygen atoms in total. The molecular weight excluding hydrogens is 322 g/mol. The second-order valence-electron chi connectivity index (χ2n) is 6.20. The minimum atomic E-state index is -0.566. The van der Waals surface area contributed by atoms with E-state index in [0.29, 0.717) is 29.2 Å². The predicted octanol–water partition coefficient (Wildman–Crippen LogP) is 1.23. The van der Waals surface area contributed by atoms with Crippen molar-refractivity contribution in [3.05, 3.63) is 73.1 Å². The van der Waals surface area contributed by atoms with Crippen LogP contribution in [0.1, 0.15) is 29.5 Å². The Kier molecular flexibility index (Phi) is 3.38. The van der Waals surface area contributed by atoms with Gasteiger partial charge in [0, 0.05) is 6.54 Å². The SMILES string of the molecule is CCn1c2c(c(=O)[nH]c1=O)[C@H](c1ccc(C)cc1)C1=C(COC1=O)N2. The zero-order valence-corrected chi connectivity index (χ0v) is 13.9. The molecule has 0 bridgehead atoms. The number of fused-ring (bicyclic) bond motifs is 1. The van der Waals surface area contributed by atoms with Crippen LogP contribution in [-0.4, -0.2) is 22.1 Å². The standard InChI is InChI=1S/C18H17N3O4/c1-3-21-15-14(16(22)20-18(21)24)12(10-6-4-9(2)5-7-10)13-11(19-15)8-25-17(13)23/h4-7,12,19H,3,8H2,1-2H3,(H,20,22,24)/t12-/m1/s1. The first-order valence-corrected chi connectivity index (χ1v) is 8.12. The van der Waals surface area contributed by atoms with E-state index >= 15 is 0 Å². The number of carbonyl (C=O) groups excluding carboxylic acids is 1. The fourth-order valence-corrected chi connectivity index (χ4v) is 3.48. The number of esters is 1. The summed E-state index contributed by atoms with van der Waals surface area (Å²) in [5.74, 6) is -0.574. The highest BCUT2D eigenvalue weighted by Gasteiger charge is 2.41. The number of aryl methyl sites for hydroxylation is 1. The van der Waals surface area contributed by atoms with Crippen LogP contribution in [0.15, 0.2) is 45.1 Å². The van der Waals surface area contributed by atoms with E-state index in [9.17, 15) is 14.4 Å². The molecule has 0 radical (unpaired) electrons. The number of nitrogens with one attached hydrogen (secondary N) is 2. The number of H-pyrrole nitrogens is 1. The Morgan fingerprint density at radius 3 is 2.60 bits per heavy atom. The predicted molar refractivity (Wildman–Crippen MR) is 91.6 cm³/mol. The van der Waals surface area contributed by atoms with Crippen molar-refractivity contribution in [2.45, 2.75) is 26.3 Å². The Hall–Kier alpha value is -3.09. The van der Waals surface area contributed by atoms with Gasteiger partial charge in [-0.2, -0.15) is 0 Å². The lowest BCUT2D eigenvalue weighted by Gasteiger charge is -2.28. The van der Waals surface area contributed by atoms with Crippen LogP contribution < -0.4 is 16.6 Å². The zero-order valence-electron chi connectivity index (χ0n) is 13.9. The van der Waals surface area contributed by atoms with Gasteiger partial charge in [0.15, 0.2) is 0 Å². The summed E-state index contributed by atoms with van der Waals surface area (Å²) in [6.07, 6.45) is 0. The van der Waals surface area contributed by atoms with E-state index in [1.165, 1.54) is 4.57 Å². The van der Waals surface area contributed by atoms with Gasteiger partial charge in [0.2, 0.25) is 0 Å². The smallest absolute Gasteiger partial charge is 0.337 e. The molecule has 2 aliphatic rings. The maximum atomic E-state index is 12.6. The number of benzene rings is 1. The number of rotatable bonds is 2. The molecule has 0 fully saturated rings. The first kappa shape index (κ1) is 15.4. The quantitative estimate of drug-likeness (QED) is 0.803. The molecule has 0 spiro atoms. The second-order valence-corrected chi connectivity index (χ2v) is 6.20. The van der Waals surface area contributed by atoms with Crippen LogP contribution in [0.4, 0.5) is 5.82 Å². The third-order valence-electron chi connectivity index (χ3n) is 4.70. The lowest BCUT2D eigenvalue weighted by Crippen LogP contribution is -2.38. The molecule has 0 unspecified atom stereocenters. The van der Waals surface area contributed by atoms with Gasteiger partial charge in [-0.25, -0.2) is 9.59 Å². The van der Waals surface area contributed by atoms with E-state index in [1.54, 1.807) is 0 Å². The van der Waals surface area contributed by atoms with Crippen LogP contribution in [-0.2, 0) is 16.1 Å². The number of aromatic amines is 1. The van der Waals surface area contributed by atoms with E-state index in [1.807, 2.05) is 38.1 Å². The van der Waals surface area contributed by atoms with Gasteiger partial charge in [-0.3, -0.25) is 14.3 Å². The monoisotopic (exact) mass is 339 g/mol. The lowest BCUT2D eigenvalue weighted by molar-refractivity contribution is -0.136. The maximum Gasteiger partial charge on any atom is 0.337 e. The normalized spacial score (nSPS) is 18.5. The van der Waals surface area contributed by atoms with Crippen molar-refractivity contribution in [3.8, 4) is 0 Å². The van der Waals surface area contributed by atoms with Gasteiger partial charge >= 0.3 is 11.7 Å². The molecular formula is C18H17N3O4. The van der Waals surface area contributed by atoms with Gasteiger partial charge in [0.05, 0.1) is 22.8 Å². The largest absolute Gasteiger partial charge is 0.456 e. The number of cyclic esters (lactones) is 1. The summed E-state index contributed by atoms with van der Waals surface area (Å²) in [7, 11) is 0. The molecule has 0 saturated carbocycles. The Bertz CT molecular complexity index is 1030. The van der Waals surface area contributed by atoms with E-state index in [4.69, 9.17) is 4.74 Å². The van der Waals surface area contributed by atoms with Crippen molar-refractivity contribution < 1.29 is 9.53 Å². The second kappa shape index (κ2) is 5.47. The Balaban J connectivity index is 2.04. The number of nitrogens with zero attached hydrogens (tertiary/aromatic N) is 1. The maximum absolute atomic E-state index is 12.6. The van der Waals surface area contributed by atoms with Crippen LogP contribution in [0.2, 0.25) is 0 Å². The number of anilines is 1. The van der Waals surface area contributed by atoms with Crippen LogP contribution >= 0.6 is 0 Å². The van der Waals surface area contributed by atoms with Crippen molar-refractivity contribution in [1.29, 1.82) is 0 Å². The molecule has 2 aliphatic heterocycles. The molecule has 25 heavy (non-hydrogen) atoms. The van der Waals surface area contributed by atoms with Crippen LogP contribution in [0, 0.1) is 6.92 Å². The molecule has 0 aliphatic carbocycles. The number of aromatic nitrogens is 2. The first-order valence-electron chi connectivity index (χ1n) is 8.12. The number of hydrogen-bond acceptors (Lipinski definition) is 5. The number of ether oxygens (including phenoxy) is 1. The van der Waals surface area contributed by atoms with Crippen LogP contribution in [0.5, 0.6) is 0 Å². The van der Waals surface area contributed by atoms with Crippen LogP contribution in [0.3, 0.4) is 0 Å². The van der Waals surface area contributed by atoms with Gasteiger partial charge in [-0.15, -0.1) is 0 Å². The van der Waals surface area contributed by atoms with Crippen molar-refractivity contribution in [2.75, 3.05) is 11.9 Å². The topological polar surface area (TPSA) is 93.2 Å². The fourth-order valence-electron chi connectivity index (χ4n) is 3.48. The highest BCUT2D eigenvalue weighted by atomic mass is 16.5. The molecule has 1 atom stereocenters. The summed E-state index contributed by atoms with van der Waals surface area (Å²) < 4.78 is 6.64. The van der Waals surface area contributed by atoms with Crippen molar-refractivity contribution in [1.82, 2.24) is 9.55 Å². The van der Waals surface area contributed by atoms with E-state index in [-0.39, 0.29) is 6.61 Å². The molecule has 1 aromatic carbocycles. The Morgan fingerprint density at radius 2 is 1.92 bits per heavy atom. The van der Waals surface area contributed by atoms with Gasteiger partial charge < -0.3 is 10.1 Å². The molecule has 0 amide bonds. The first-order chi connectivity index (χ1) is 12.0. The summed E-state index contributed by atoms with van der Waals surface area (Å²) in [4.78, 5) is 39.4. The number of carbonyl (C=O) groups is 1. The molecule has 2 N–H and O–H groups in total. The molecule has 2 aromatic rings. The third-order valence-corrected chi connectivity index (χ3v) is 4.70. The third kappa shape index (κ3) is 2.23. The summed E-state index contributed by atoms with van der Waals surface area (Å²) in [6, 6.07) is 7.65. The molecule has 128 valence electrons. The molecule has 0 saturated heterocycles. The average Bonchev–Trinajstić information content (AvgIpc) is 2.95. The number of hydrogen-bond donors (Lipinski definition) is 2. The molecule has 1 aromatic heterocycles. The highest BCUT2D eigenvalue weighted by Crippen LogP contribution is 2.42. The summed E-state index contributed by atoms with van der Waals surface area (Å²) >= 11 is 0. The highest BCUT2D eigenvalue weighted by molar-refractivity contribution is 5.96. The van der Waals surface area contributed by atoms with Gasteiger partial charge in [0.25, 0.3) is 5.56 Å². The Labute approximate surface area is 143 Å². The van der Waals surface area contributed by atoms with E-state index < -0.39 is 23.1 Å². The molecule has 4 rings (SSSR count).